The number of hydrogen-bond donors (Lipinski definition) is 2. The number of imide groups is 1. The Hall–Kier alpha value is -2.35. The van der Waals surface area contributed by atoms with Gasteiger partial charge in [0.15, 0.2) is 5.16 Å². The Kier molecular flexibility index (Phi) is 5.95. The van der Waals surface area contributed by atoms with Gasteiger partial charge in [-0.05, 0) is 37.8 Å². The van der Waals surface area contributed by atoms with E-state index >= 15 is 0 Å². The summed E-state index contributed by atoms with van der Waals surface area (Å²) < 4.78 is 2.03. The molecule has 0 spiro atoms. The average Bonchev–Trinajstić information content (AvgIpc) is 3.47. The molecule has 0 bridgehead atoms. The van der Waals surface area contributed by atoms with E-state index < -0.39 is 6.03 Å². The van der Waals surface area contributed by atoms with E-state index in [1.54, 1.807) is 0 Å². The predicted octanol–water partition coefficient (Wildman–Crippen LogP) is 3.40. The molecule has 8 heteroatoms. The fourth-order valence-corrected chi connectivity index (χ4v) is 4.32. The van der Waals surface area contributed by atoms with E-state index in [1.165, 1.54) is 18.2 Å². The van der Waals surface area contributed by atoms with Gasteiger partial charge in [0.05, 0.1) is 5.75 Å². The third kappa shape index (κ3) is 4.73. The van der Waals surface area contributed by atoms with E-state index in [0.29, 0.717) is 11.1 Å². The zero-order chi connectivity index (χ0) is 19.3. The van der Waals surface area contributed by atoms with Gasteiger partial charge in [-0.3, -0.25) is 14.7 Å². The Balaban J connectivity index is 1.35. The number of aromatic nitrogens is 3. The van der Waals surface area contributed by atoms with Crippen molar-refractivity contribution in [3.8, 4) is 5.69 Å². The van der Waals surface area contributed by atoms with Crippen LogP contribution in [-0.2, 0) is 4.79 Å². The number of nitrogens with zero attached hydrogens (tertiary/aromatic N) is 3. The maximum atomic E-state index is 12.2. The van der Waals surface area contributed by atoms with Crippen LogP contribution in [0.3, 0.4) is 0 Å². The van der Waals surface area contributed by atoms with Crippen LogP contribution >= 0.6 is 11.8 Å². The number of amides is 3. The molecule has 2 aromatic rings. The summed E-state index contributed by atoms with van der Waals surface area (Å²) in [6.07, 6.45) is 7.70. The van der Waals surface area contributed by atoms with Crippen molar-refractivity contribution in [2.24, 2.45) is 0 Å². The van der Waals surface area contributed by atoms with E-state index in [2.05, 4.69) is 20.8 Å². The van der Waals surface area contributed by atoms with Crippen LogP contribution < -0.4 is 10.6 Å². The molecule has 0 unspecified atom stereocenters. The Morgan fingerprint density at radius 3 is 2.50 bits per heavy atom. The third-order valence-electron chi connectivity index (χ3n) is 5.14. The first kappa shape index (κ1) is 19.0. The summed E-state index contributed by atoms with van der Waals surface area (Å²) in [7, 11) is 0. The molecule has 1 heterocycles. The second-order valence-corrected chi connectivity index (χ2v) is 8.37. The number of para-hydroxylation sites is 1. The van der Waals surface area contributed by atoms with Crippen molar-refractivity contribution in [1.29, 1.82) is 0 Å². The van der Waals surface area contributed by atoms with Crippen molar-refractivity contribution in [3.63, 3.8) is 0 Å². The van der Waals surface area contributed by atoms with Crippen molar-refractivity contribution >= 4 is 23.7 Å². The molecular weight excluding hydrogens is 374 g/mol. The molecule has 7 nitrogen and oxygen atoms in total. The standard InChI is InChI=1S/C20H25N5O2S/c26-17(22-19(27)21-15-7-3-1-4-8-15)13-28-20-24-23-18(14-11-12-14)25(20)16-9-5-2-6-10-16/h2,5-6,9-10,14-15H,1,3-4,7-8,11-13H2,(H2,21,22,26,27). The summed E-state index contributed by atoms with van der Waals surface area (Å²) in [5, 5.41) is 14.7. The van der Waals surface area contributed by atoms with Crippen LogP contribution in [0.4, 0.5) is 4.79 Å². The minimum absolute atomic E-state index is 0.119. The summed E-state index contributed by atoms with van der Waals surface area (Å²) in [5.74, 6) is 1.18. The largest absolute Gasteiger partial charge is 0.335 e. The number of rotatable bonds is 6. The minimum Gasteiger partial charge on any atom is -0.335 e. The summed E-state index contributed by atoms with van der Waals surface area (Å²) >= 11 is 1.30. The van der Waals surface area contributed by atoms with Crippen LogP contribution in [0, 0.1) is 0 Å². The van der Waals surface area contributed by atoms with Crippen molar-refractivity contribution in [2.45, 2.75) is 62.1 Å². The van der Waals surface area contributed by atoms with E-state index in [0.717, 1.165) is 50.0 Å². The van der Waals surface area contributed by atoms with Gasteiger partial charge < -0.3 is 5.32 Å². The van der Waals surface area contributed by atoms with Crippen LogP contribution in [0.1, 0.15) is 56.7 Å². The maximum Gasteiger partial charge on any atom is 0.321 e. The lowest BCUT2D eigenvalue weighted by atomic mass is 9.96. The molecule has 2 aliphatic rings. The van der Waals surface area contributed by atoms with E-state index in [4.69, 9.17) is 0 Å². The van der Waals surface area contributed by atoms with Gasteiger partial charge in [0.2, 0.25) is 5.91 Å². The van der Waals surface area contributed by atoms with Gasteiger partial charge in [-0.25, -0.2) is 4.79 Å². The lowest BCUT2D eigenvalue weighted by Crippen LogP contribution is -2.45. The molecule has 2 saturated carbocycles. The second kappa shape index (κ2) is 8.77. The topological polar surface area (TPSA) is 88.9 Å². The Morgan fingerprint density at radius 2 is 1.79 bits per heavy atom. The van der Waals surface area contributed by atoms with Crippen molar-refractivity contribution in [3.05, 3.63) is 36.2 Å². The molecule has 0 radical (unpaired) electrons. The first-order valence-corrected chi connectivity index (χ1v) is 10.9. The van der Waals surface area contributed by atoms with Crippen LogP contribution in [0.2, 0.25) is 0 Å². The van der Waals surface area contributed by atoms with Gasteiger partial charge in [0, 0.05) is 17.6 Å². The zero-order valence-electron chi connectivity index (χ0n) is 15.8. The Morgan fingerprint density at radius 1 is 1.04 bits per heavy atom. The van der Waals surface area contributed by atoms with E-state index in [1.807, 2.05) is 34.9 Å². The van der Waals surface area contributed by atoms with E-state index in [-0.39, 0.29) is 17.7 Å². The Bertz CT molecular complexity index is 828. The maximum absolute atomic E-state index is 12.2. The van der Waals surface area contributed by atoms with Crippen LogP contribution in [-0.4, -0.2) is 38.5 Å². The fraction of sp³-hybridized carbons (Fsp3) is 0.500. The minimum atomic E-state index is -0.402. The zero-order valence-corrected chi connectivity index (χ0v) is 16.6. The highest BCUT2D eigenvalue weighted by molar-refractivity contribution is 7.99. The molecular formula is C20H25N5O2S. The van der Waals surface area contributed by atoms with Gasteiger partial charge >= 0.3 is 6.03 Å². The molecule has 4 rings (SSSR count). The number of carbonyl (C=O) groups excluding carboxylic acids is 2. The number of nitrogens with one attached hydrogen (secondary N) is 2. The molecule has 1 aromatic heterocycles. The molecule has 3 amide bonds. The highest BCUT2D eigenvalue weighted by Gasteiger charge is 2.31. The molecule has 0 atom stereocenters. The first-order valence-electron chi connectivity index (χ1n) is 9.94. The number of benzene rings is 1. The first-order chi connectivity index (χ1) is 13.7. The van der Waals surface area contributed by atoms with Crippen LogP contribution in [0.15, 0.2) is 35.5 Å². The summed E-state index contributed by atoms with van der Waals surface area (Å²) in [4.78, 5) is 24.3. The average molecular weight is 400 g/mol. The fourth-order valence-electron chi connectivity index (χ4n) is 3.56. The quantitative estimate of drug-likeness (QED) is 0.727. The van der Waals surface area contributed by atoms with Crippen molar-refractivity contribution in [1.82, 2.24) is 25.4 Å². The van der Waals surface area contributed by atoms with Crippen LogP contribution in [0.5, 0.6) is 0 Å². The predicted molar refractivity (Wildman–Crippen MR) is 108 cm³/mol. The molecule has 1 aromatic carbocycles. The molecule has 2 aliphatic carbocycles. The molecule has 2 fully saturated rings. The smallest absolute Gasteiger partial charge is 0.321 e. The highest BCUT2D eigenvalue weighted by Crippen LogP contribution is 2.41. The van der Waals surface area contributed by atoms with Crippen LogP contribution in [0.25, 0.3) is 5.69 Å². The monoisotopic (exact) mass is 399 g/mol. The lowest BCUT2D eigenvalue weighted by molar-refractivity contribution is -0.117. The third-order valence-corrected chi connectivity index (χ3v) is 6.07. The number of urea groups is 1. The second-order valence-electron chi connectivity index (χ2n) is 7.43. The van der Waals surface area contributed by atoms with Gasteiger partial charge in [-0.15, -0.1) is 10.2 Å². The van der Waals surface area contributed by atoms with Gasteiger partial charge in [-0.2, -0.15) is 0 Å². The van der Waals surface area contributed by atoms with E-state index in [9.17, 15) is 9.59 Å². The lowest BCUT2D eigenvalue weighted by Gasteiger charge is -2.22. The highest BCUT2D eigenvalue weighted by atomic mass is 32.2. The normalized spacial score (nSPS) is 17.3. The summed E-state index contributed by atoms with van der Waals surface area (Å²) in [6.45, 7) is 0. The summed E-state index contributed by atoms with van der Waals surface area (Å²) in [5.41, 5.74) is 0.993. The molecule has 0 aliphatic heterocycles. The van der Waals surface area contributed by atoms with Gasteiger partial charge in [0.1, 0.15) is 5.82 Å². The molecule has 148 valence electrons. The van der Waals surface area contributed by atoms with Gasteiger partial charge in [-0.1, -0.05) is 49.2 Å². The van der Waals surface area contributed by atoms with Crippen molar-refractivity contribution in [2.75, 3.05) is 5.75 Å². The number of thioether (sulfide) groups is 1. The number of carbonyl (C=O) groups is 2. The van der Waals surface area contributed by atoms with Crippen molar-refractivity contribution < 1.29 is 9.59 Å². The molecule has 28 heavy (non-hydrogen) atoms. The Labute approximate surface area is 168 Å². The van der Waals surface area contributed by atoms with Gasteiger partial charge in [0.25, 0.3) is 0 Å². The molecule has 2 N–H and O–H groups in total. The number of hydrogen-bond acceptors (Lipinski definition) is 5. The summed E-state index contributed by atoms with van der Waals surface area (Å²) in [6, 6.07) is 9.72. The molecule has 0 saturated heterocycles. The SMILES string of the molecule is O=C(CSc1nnc(C2CC2)n1-c1ccccc1)NC(=O)NC1CCCCC1.